The number of nitrogens with zero attached hydrogens (tertiary/aromatic N) is 1. The molecule has 8 nitrogen and oxygen atoms in total. The maximum atomic E-state index is 12.4. The lowest BCUT2D eigenvalue weighted by Crippen LogP contribution is -2.45. The molecule has 2 aliphatic rings. The Morgan fingerprint density at radius 2 is 1.73 bits per heavy atom. The number of anilines is 1. The van der Waals surface area contributed by atoms with Gasteiger partial charge in [-0.1, -0.05) is 17.7 Å². The van der Waals surface area contributed by atoms with Crippen LogP contribution in [-0.2, 0) is 14.3 Å². The molecule has 0 spiro atoms. The third kappa shape index (κ3) is 4.84. The number of ether oxygens (including phenoxy) is 3. The molecule has 1 saturated heterocycles. The normalized spacial score (nSPS) is 16.7. The van der Waals surface area contributed by atoms with Crippen LogP contribution >= 0.6 is 11.6 Å². The highest BCUT2D eigenvalue weighted by molar-refractivity contribution is 6.39. The molecule has 158 valence electrons. The Kier molecular flexibility index (Phi) is 6.37. The molecule has 2 amide bonds. The van der Waals surface area contributed by atoms with Crippen molar-refractivity contribution in [2.75, 3.05) is 45.0 Å². The Labute approximate surface area is 179 Å². The molecule has 2 N–H and O–H groups in total. The van der Waals surface area contributed by atoms with Gasteiger partial charge in [-0.2, -0.15) is 0 Å². The van der Waals surface area contributed by atoms with E-state index >= 15 is 0 Å². The summed E-state index contributed by atoms with van der Waals surface area (Å²) in [6, 6.07) is 12.2. The Bertz CT molecular complexity index is 915. The van der Waals surface area contributed by atoms with E-state index in [9.17, 15) is 9.59 Å². The topological polar surface area (TPSA) is 89.1 Å². The first-order valence-electron chi connectivity index (χ1n) is 9.66. The average Bonchev–Trinajstić information content (AvgIpc) is 3.24. The number of hydrogen-bond donors (Lipinski definition) is 2. The van der Waals surface area contributed by atoms with Crippen molar-refractivity contribution in [1.82, 2.24) is 10.2 Å². The van der Waals surface area contributed by atoms with Gasteiger partial charge in [0.2, 0.25) is 6.79 Å². The highest BCUT2D eigenvalue weighted by Gasteiger charge is 2.26. The molecule has 30 heavy (non-hydrogen) atoms. The third-order valence-corrected chi connectivity index (χ3v) is 5.28. The Morgan fingerprint density at radius 3 is 2.50 bits per heavy atom. The van der Waals surface area contributed by atoms with Crippen molar-refractivity contribution in [1.29, 1.82) is 0 Å². The van der Waals surface area contributed by atoms with Crippen molar-refractivity contribution in [3.05, 3.63) is 53.1 Å². The van der Waals surface area contributed by atoms with Gasteiger partial charge in [-0.25, -0.2) is 0 Å². The minimum Gasteiger partial charge on any atom is -0.454 e. The first-order chi connectivity index (χ1) is 14.6. The molecule has 2 aliphatic heterocycles. The van der Waals surface area contributed by atoms with Gasteiger partial charge in [-0.15, -0.1) is 0 Å². The second-order valence-corrected chi connectivity index (χ2v) is 7.38. The number of morpholine rings is 1. The first kappa shape index (κ1) is 20.5. The van der Waals surface area contributed by atoms with Gasteiger partial charge in [0.15, 0.2) is 11.5 Å². The highest BCUT2D eigenvalue weighted by Crippen LogP contribution is 2.35. The van der Waals surface area contributed by atoms with Crippen LogP contribution in [0.15, 0.2) is 42.5 Å². The summed E-state index contributed by atoms with van der Waals surface area (Å²) in [6.07, 6.45) is 0. The number of carbonyl (C=O) groups excluding carboxylic acids is 2. The molecule has 0 radical (unpaired) electrons. The fourth-order valence-electron chi connectivity index (χ4n) is 3.46. The van der Waals surface area contributed by atoms with E-state index in [0.717, 1.165) is 18.7 Å². The van der Waals surface area contributed by atoms with Gasteiger partial charge >= 0.3 is 11.8 Å². The maximum Gasteiger partial charge on any atom is 0.313 e. The van der Waals surface area contributed by atoms with E-state index in [1.165, 1.54) is 0 Å². The summed E-state index contributed by atoms with van der Waals surface area (Å²) in [7, 11) is 0. The molecule has 1 fully saturated rings. The number of amides is 2. The smallest absolute Gasteiger partial charge is 0.313 e. The number of benzene rings is 2. The summed E-state index contributed by atoms with van der Waals surface area (Å²) in [4.78, 5) is 26.9. The van der Waals surface area contributed by atoms with Crippen molar-refractivity contribution in [3.8, 4) is 11.5 Å². The van der Waals surface area contributed by atoms with E-state index in [4.69, 9.17) is 25.8 Å². The Hall–Kier alpha value is -2.81. The molecule has 2 aromatic carbocycles. The van der Waals surface area contributed by atoms with Crippen LogP contribution in [0.2, 0.25) is 5.02 Å². The van der Waals surface area contributed by atoms with Crippen molar-refractivity contribution in [2.24, 2.45) is 0 Å². The van der Waals surface area contributed by atoms with Gasteiger partial charge in [0, 0.05) is 30.3 Å². The van der Waals surface area contributed by atoms with Crippen molar-refractivity contribution < 1.29 is 23.8 Å². The fourth-order valence-corrected chi connectivity index (χ4v) is 3.58. The zero-order valence-electron chi connectivity index (χ0n) is 16.2. The number of hydrogen-bond acceptors (Lipinski definition) is 6. The van der Waals surface area contributed by atoms with Crippen molar-refractivity contribution in [2.45, 2.75) is 6.04 Å². The average molecular weight is 432 g/mol. The van der Waals surface area contributed by atoms with E-state index in [2.05, 4.69) is 15.5 Å². The molecule has 0 saturated carbocycles. The number of fused-ring (bicyclic) bond motifs is 1. The second kappa shape index (κ2) is 9.34. The third-order valence-electron chi connectivity index (χ3n) is 5.03. The van der Waals surface area contributed by atoms with E-state index in [-0.39, 0.29) is 19.4 Å². The number of rotatable bonds is 5. The van der Waals surface area contributed by atoms with Crippen LogP contribution in [0.1, 0.15) is 11.6 Å². The monoisotopic (exact) mass is 431 g/mol. The summed E-state index contributed by atoms with van der Waals surface area (Å²) in [5, 5.41) is 5.86. The lowest BCUT2D eigenvalue weighted by molar-refractivity contribution is -0.136. The molecule has 0 aliphatic carbocycles. The van der Waals surface area contributed by atoms with Gasteiger partial charge in [0.05, 0.1) is 19.3 Å². The molecule has 0 bridgehead atoms. The predicted molar refractivity (Wildman–Crippen MR) is 111 cm³/mol. The first-order valence-corrected chi connectivity index (χ1v) is 10.0. The van der Waals surface area contributed by atoms with Crippen LogP contribution in [0.3, 0.4) is 0 Å². The number of carbonyl (C=O) groups is 2. The van der Waals surface area contributed by atoms with Crippen LogP contribution in [-0.4, -0.2) is 56.4 Å². The quantitative estimate of drug-likeness (QED) is 0.705. The molecule has 0 aromatic heterocycles. The summed E-state index contributed by atoms with van der Waals surface area (Å²) in [6.45, 7) is 3.16. The predicted octanol–water partition coefficient (Wildman–Crippen LogP) is 2.20. The number of nitrogens with one attached hydrogen (secondary N) is 2. The largest absolute Gasteiger partial charge is 0.454 e. The Balaban J connectivity index is 1.43. The van der Waals surface area contributed by atoms with Crippen LogP contribution in [0.25, 0.3) is 0 Å². The molecular weight excluding hydrogens is 410 g/mol. The van der Waals surface area contributed by atoms with Crippen LogP contribution in [0.5, 0.6) is 11.5 Å². The molecular formula is C21H22ClN3O5. The van der Waals surface area contributed by atoms with Crippen LogP contribution in [0, 0.1) is 0 Å². The van der Waals surface area contributed by atoms with Crippen molar-refractivity contribution >= 4 is 29.1 Å². The minimum atomic E-state index is -0.733. The standard InChI is InChI=1S/C21H22ClN3O5/c22-15-2-4-16(5-3-15)24-21(27)20(26)23-12-17(25-7-9-28-10-8-25)14-1-6-18-19(11-14)30-13-29-18/h1-6,11,17H,7-10,12-13H2,(H,23,26)(H,24,27)/t17-/m1/s1. The van der Waals surface area contributed by atoms with E-state index < -0.39 is 11.8 Å². The molecule has 4 rings (SSSR count). The lowest BCUT2D eigenvalue weighted by Gasteiger charge is -2.34. The van der Waals surface area contributed by atoms with Crippen molar-refractivity contribution in [3.63, 3.8) is 0 Å². The molecule has 2 aromatic rings. The molecule has 1 atom stereocenters. The van der Waals surface area contributed by atoms with Crippen LogP contribution < -0.4 is 20.1 Å². The molecule has 2 heterocycles. The zero-order chi connectivity index (χ0) is 20.9. The van der Waals surface area contributed by atoms with Gasteiger partial charge in [0.25, 0.3) is 0 Å². The second-order valence-electron chi connectivity index (χ2n) is 6.95. The Morgan fingerprint density at radius 1 is 1.00 bits per heavy atom. The van der Waals surface area contributed by atoms with Gasteiger partial charge in [0.1, 0.15) is 0 Å². The summed E-state index contributed by atoms with van der Waals surface area (Å²) in [5.74, 6) is -0.0592. The molecule has 9 heteroatoms. The lowest BCUT2D eigenvalue weighted by atomic mass is 10.0. The number of halogens is 1. The van der Waals surface area contributed by atoms with Crippen LogP contribution in [0.4, 0.5) is 5.69 Å². The molecule has 0 unspecified atom stereocenters. The summed E-state index contributed by atoms with van der Waals surface area (Å²) in [5.41, 5.74) is 1.47. The SMILES string of the molecule is O=C(NC[C@H](c1ccc2c(c1)OCO2)N1CCOCC1)C(=O)Nc1ccc(Cl)cc1. The summed E-state index contributed by atoms with van der Waals surface area (Å²) < 4.78 is 16.3. The zero-order valence-corrected chi connectivity index (χ0v) is 17.0. The van der Waals surface area contributed by atoms with E-state index in [0.29, 0.717) is 35.4 Å². The highest BCUT2D eigenvalue weighted by atomic mass is 35.5. The van der Waals surface area contributed by atoms with Gasteiger partial charge < -0.3 is 24.8 Å². The van der Waals surface area contributed by atoms with E-state index in [1.54, 1.807) is 24.3 Å². The van der Waals surface area contributed by atoms with E-state index in [1.807, 2.05) is 18.2 Å². The maximum absolute atomic E-state index is 12.4. The van der Waals surface area contributed by atoms with Gasteiger partial charge in [-0.3, -0.25) is 14.5 Å². The fraction of sp³-hybridized carbons (Fsp3) is 0.333. The summed E-state index contributed by atoms with van der Waals surface area (Å²) >= 11 is 5.84. The van der Waals surface area contributed by atoms with Gasteiger partial charge in [-0.05, 0) is 42.0 Å². The minimum absolute atomic E-state index is 0.129.